The van der Waals surface area contributed by atoms with Crippen molar-refractivity contribution in [2.75, 3.05) is 13.1 Å². The number of Topliss-reactive ketones (excluding diaryl/α,β-unsaturated/α-hetero) is 1. The van der Waals surface area contributed by atoms with E-state index in [9.17, 15) is 33.9 Å². The fourth-order valence-electron chi connectivity index (χ4n) is 7.11. The van der Waals surface area contributed by atoms with Crippen LogP contribution in [0.15, 0.2) is 0 Å². The van der Waals surface area contributed by atoms with Crippen LogP contribution in [0.3, 0.4) is 0 Å². The van der Waals surface area contributed by atoms with Gasteiger partial charge in [0, 0.05) is 44.7 Å². The minimum atomic E-state index is -1.06. The van der Waals surface area contributed by atoms with Gasteiger partial charge in [-0.15, -0.1) is 0 Å². The summed E-state index contributed by atoms with van der Waals surface area (Å²) >= 11 is 0. The Bertz CT molecular complexity index is 1030. The van der Waals surface area contributed by atoms with E-state index >= 15 is 0 Å². The minimum Gasteiger partial charge on any atom is -0.481 e. The Kier molecular flexibility index (Phi) is 27.6. The summed E-state index contributed by atoms with van der Waals surface area (Å²) in [6.07, 6.45) is 24.8. The van der Waals surface area contributed by atoms with E-state index in [2.05, 4.69) is 10.6 Å². The second-order valence-electron chi connectivity index (χ2n) is 15.4. The van der Waals surface area contributed by atoms with Crippen LogP contribution in [0.1, 0.15) is 187 Å². The molecule has 1 fully saturated rings. The van der Waals surface area contributed by atoms with Gasteiger partial charge in [-0.25, -0.2) is 0 Å². The highest BCUT2D eigenvalue weighted by Crippen LogP contribution is 2.31. The third-order valence-electron chi connectivity index (χ3n) is 10.8. The number of carbonyl (C=O) groups excluding carboxylic acids is 3. The molecule has 0 saturated heterocycles. The molecule has 0 radical (unpaired) electrons. The van der Waals surface area contributed by atoms with Crippen molar-refractivity contribution >= 4 is 35.5 Å². The molecule has 11 nitrogen and oxygen atoms in total. The number of amides is 2. The van der Waals surface area contributed by atoms with Gasteiger partial charge < -0.3 is 26.0 Å². The Labute approximate surface area is 313 Å². The number of aliphatic carboxylic acids is 3. The molecule has 0 spiro atoms. The van der Waals surface area contributed by atoms with E-state index in [4.69, 9.17) is 10.2 Å². The maximum Gasteiger partial charge on any atom is 0.306 e. The summed E-state index contributed by atoms with van der Waals surface area (Å²) in [6, 6.07) is 0. The van der Waals surface area contributed by atoms with Crippen LogP contribution in [0.2, 0.25) is 0 Å². The molecule has 11 heteroatoms. The summed E-state index contributed by atoms with van der Waals surface area (Å²) in [7, 11) is 0. The summed E-state index contributed by atoms with van der Waals surface area (Å²) < 4.78 is 0. The molecule has 0 aromatic rings. The molecule has 0 unspecified atom stereocenters. The fourth-order valence-corrected chi connectivity index (χ4v) is 7.11. The number of rotatable bonds is 34. The maximum absolute atomic E-state index is 12.9. The molecule has 1 saturated carbocycles. The zero-order chi connectivity index (χ0) is 38.4. The molecule has 5 N–H and O–H groups in total. The Morgan fingerprint density at radius 1 is 0.538 bits per heavy atom. The number of carboxylic acid groups (broad SMARTS) is 3. The highest BCUT2D eigenvalue weighted by molar-refractivity contribution is 5.86. The average Bonchev–Trinajstić information content (AvgIpc) is 3.11. The highest BCUT2D eigenvalue weighted by atomic mass is 16.4. The standard InChI is InChI=1S/C41H72N2O9/c1-32(40(49)50)20-18-19-29-42-38(46)28-27-35(41(51)52)30-36(44)34-25-23-33(24-26-34)31-43-37(45)21-16-14-12-10-8-6-4-2-3-5-7-9-11-13-15-17-22-39(47)48/h32-35H,2-31H2,1H3,(H,42,46)(H,43,45)(H,47,48)(H,49,50)(H,51,52)/t32-,33?,34?,35+/m0/s1. The molecule has 0 bridgehead atoms. The SMILES string of the molecule is C[C@@H](CCCCNC(=O)CC[C@H](CC(=O)C1CCC(CNC(=O)CCCCCCCCCCCCCCCCCCC(=O)O)CC1)C(=O)O)C(=O)O. The molecule has 2 atom stereocenters. The molecule has 0 aromatic heterocycles. The van der Waals surface area contributed by atoms with Gasteiger partial charge in [-0.1, -0.05) is 103 Å². The van der Waals surface area contributed by atoms with Gasteiger partial charge in [0.25, 0.3) is 0 Å². The van der Waals surface area contributed by atoms with E-state index in [1.807, 2.05) is 0 Å². The van der Waals surface area contributed by atoms with Crippen LogP contribution < -0.4 is 10.6 Å². The van der Waals surface area contributed by atoms with Gasteiger partial charge in [-0.3, -0.25) is 28.8 Å². The smallest absolute Gasteiger partial charge is 0.306 e. The zero-order valence-electron chi connectivity index (χ0n) is 32.3. The monoisotopic (exact) mass is 737 g/mol. The van der Waals surface area contributed by atoms with Gasteiger partial charge in [-0.05, 0) is 63.7 Å². The lowest BCUT2D eigenvalue weighted by molar-refractivity contribution is -0.145. The summed E-state index contributed by atoms with van der Waals surface area (Å²) in [5, 5.41) is 33.1. The normalized spacial score (nSPS) is 16.9. The van der Waals surface area contributed by atoms with Crippen molar-refractivity contribution < 1.29 is 44.1 Å². The van der Waals surface area contributed by atoms with Gasteiger partial charge in [0.1, 0.15) is 5.78 Å². The number of carbonyl (C=O) groups is 6. The number of hydrogen-bond donors (Lipinski definition) is 5. The Morgan fingerprint density at radius 2 is 1.02 bits per heavy atom. The third-order valence-corrected chi connectivity index (χ3v) is 10.8. The highest BCUT2D eigenvalue weighted by Gasteiger charge is 2.30. The third kappa shape index (κ3) is 25.9. The van der Waals surface area contributed by atoms with Crippen molar-refractivity contribution in [3.63, 3.8) is 0 Å². The van der Waals surface area contributed by atoms with Crippen LogP contribution >= 0.6 is 0 Å². The van der Waals surface area contributed by atoms with Crippen LogP contribution in [-0.4, -0.2) is 63.9 Å². The van der Waals surface area contributed by atoms with Gasteiger partial charge >= 0.3 is 17.9 Å². The Hall–Kier alpha value is -2.98. The first-order valence-corrected chi connectivity index (χ1v) is 20.7. The molecular weight excluding hydrogens is 664 g/mol. The first-order chi connectivity index (χ1) is 25.0. The van der Waals surface area contributed by atoms with E-state index < -0.39 is 29.7 Å². The Balaban J connectivity index is 2.02. The molecule has 2 amide bonds. The zero-order valence-corrected chi connectivity index (χ0v) is 32.3. The molecule has 0 aromatic carbocycles. The maximum atomic E-state index is 12.9. The predicted octanol–water partition coefficient (Wildman–Crippen LogP) is 8.46. The first kappa shape index (κ1) is 47.0. The van der Waals surface area contributed by atoms with Gasteiger partial charge in [-0.2, -0.15) is 0 Å². The van der Waals surface area contributed by atoms with Gasteiger partial charge in [0.05, 0.1) is 11.8 Å². The van der Waals surface area contributed by atoms with Gasteiger partial charge in [0.15, 0.2) is 0 Å². The van der Waals surface area contributed by atoms with Crippen LogP contribution in [0, 0.1) is 23.7 Å². The second kappa shape index (κ2) is 30.5. The lowest BCUT2D eigenvalue weighted by Crippen LogP contribution is -2.33. The van der Waals surface area contributed by atoms with E-state index in [1.165, 1.54) is 70.6 Å². The van der Waals surface area contributed by atoms with Crippen molar-refractivity contribution in [2.24, 2.45) is 23.7 Å². The van der Waals surface area contributed by atoms with Crippen LogP contribution in [0.5, 0.6) is 0 Å². The fraction of sp³-hybridized carbons (Fsp3) is 0.854. The van der Waals surface area contributed by atoms with Crippen molar-refractivity contribution in [1.29, 1.82) is 0 Å². The number of nitrogens with one attached hydrogen (secondary N) is 2. The largest absolute Gasteiger partial charge is 0.481 e. The predicted molar refractivity (Wildman–Crippen MR) is 203 cm³/mol. The second-order valence-corrected chi connectivity index (χ2v) is 15.4. The van der Waals surface area contributed by atoms with E-state index in [1.54, 1.807) is 6.92 Å². The molecule has 0 aliphatic heterocycles. The number of unbranched alkanes of at least 4 members (excludes halogenated alkanes) is 16. The summed E-state index contributed by atoms with van der Waals surface area (Å²) in [4.78, 5) is 70.7. The first-order valence-electron chi connectivity index (χ1n) is 20.7. The molecule has 300 valence electrons. The molecular formula is C41H72N2O9. The van der Waals surface area contributed by atoms with Crippen LogP contribution in [0.25, 0.3) is 0 Å². The van der Waals surface area contributed by atoms with Crippen molar-refractivity contribution in [2.45, 2.75) is 187 Å². The van der Waals surface area contributed by atoms with E-state index in [0.717, 1.165) is 44.9 Å². The summed E-state index contributed by atoms with van der Waals surface area (Å²) in [6.45, 7) is 2.69. The molecule has 0 heterocycles. The molecule has 52 heavy (non-hydrogen) atoms. The minimum absolute atomic E-state index is 0.0339. The quantitative estimate of drug-likeness (QED) is 0.0404. The van der Waals surface area contributed by atoms with Crippen LogP contribution in [0.4, 0.5) is 0 Å². The van der Waals surface area contributed by atoms with E-state index in [-0.39, 0.29) is 42.8 Å². The van der Waals surface area contributed by atoms with Crippen molar-refractivity contribution in [3.8, 4) is 0 Å². The van der Waals surface area contributed by atoms with E-state index in [0.29, 0.717) is 64.0 Å². The summed E-state index contributed by atoms with van der Waals surface area (Å²) in [5.74, 6) is -3.93. The van der Waals surface area contributed by atoms with Gasteiger partial charge in [0.2, 0.25) is 11.8 Å². The summed E-state index contributed by atoms with van der Waals surface area (Å²) in [5.41, 5.74) is 0. The number of carboxylic acids is 3. The molecule has 1 aliphatic rings. The Morgan fingerprint density at radius 3 is 1.50 bits per heavy atom. The topological polar surface area (TPSA) is 187 Å². The number of ketones is 1. The van der Waals surface area contributed by atoms with Crippen molar-refractivity contribution in [1.82, 2.24) is 10.6 Å². The van der Waals surface area contributed by atoms with Crippen LogP contribution in [-0.2, 0) is 28.8 Å². The average molecular weight is 737 g/mol. The number of hydrogen-bond acceptors (Lipinski definition) is 6. The van der Waals surface area contributed by atoms with Crippen molar-refractivity contribution in [3.05, 3.63) is 0 Å². The molecule has 1 rings (SSSR count). The molecule has 1 aliphatic carbocycles. The lowest BCUT2D eigenvalue weighted by Gasteiger charge is -2.28. The lowest BCUT2D eigenvalue weighted by atomic mass is 9.78.